The van der Waals surface area contributed by atoms with Crippen molar-refractivity contribution in [3.8, 4) is 22.6 Å². The molecule has 0 aliphatic carbocycles. The van der Waals surface area contributed by atoms with Gasteiger partial charge in [0.05, 0.1) is 22.8 Å². The molecule has 1 heterocycles. The fourth-order valence-corrected chi connectivity index (χ4v) is 2.46. The normalized spacial score (nSPS) is 10.9. The number of benzene rings is 2. The van der Waals surface area contributed by atoms with Gasteiger partial charge in [0, 0.05) is 5.56 Å². The first-order valence-corrected chi connectivity index (χ1v) is 6.79. The highest BCUT2D eigenvalue weighted by Gasteiger charge is 2.22. The van der Waals surface area contributed by atoms with Crippen LogP contribution in [0.25, 0.3) is 22.6 Å². The molecule has 0 amide bonds. The summed E-state index contributed by atoms with van der Waals surface area (Å²) in [5.41, 5.74) is 1.13. The van der Waals surface area contributed by atoms with Crippen LogP contribution in [0.1, 0.15) is 5.56 Å². The summed E-state index contributed by atoms with van der Waals surface area (Å²) >= 11 is 6.00. The molecule has 3 nitrogen and oxygen atoms in total. The molecular formula is C16H10ClF2NO2. The van der Waals surface area contributed by atoms with Gasteiger partial charge in [-0.25, -0.2) is 8.78 Å². The maximum absolute atomic E-state index is 13.9. The Balaban J connectivity index is 2.18. The maximum atomic E-state index is 13.9. The molecule has 0 bridgehead atoms. The van der Waals surface area contributed by atoms with Crippen LogP contribution in [0.15, 0.2) is 47.0 Å². The quantitative estimate of drug-likeness (QED) is 0.776. The van der Waals surface area contributed by atoms with Crippen molar-refractivity contribution in [2.24, 2.45) is 0 Å². The van der Waals surface area contributed by atoms with Crippen molar-refractivity contribution in [1.29, 1.82) is 0 Å². The molecule has 0 unspecified atom stereocenters. The van der Waals surface area contributed by atoms with Crippen molar-refractivity contribution in [3.63, 3.8) is 0 Å². The fraction of sp³-hybridized carbons (Fsp3) is 0.0625. The van der Waals surface area contributed by atoms with Gasteiger partial charge < -0.3 is 9.63 Å². The van der Waals surface area contributed by atoms with E-state index in [0.29, 0.717) is 11.1 Å². The highest BCUT2D eigenvalue weighted by atomic mass is 35.5. The van der Waals surface area contributed by atoms with E-state index in [2.05, 4.69) is 5.16 Å². The fourth-order valence-electron chi connectivity index (χ4n) is 2.21. The predicted octanol–water partition coefficient (Wildman–Crippen LogP) is 4.43. The average molecular weight is 322 g/mol. The Hall–Kier alpha value is -2.24. The molecule has 3 aromatic rings. The van der Waals surface area contributed by atoms with Gasteiger partial charge in [-0.3, -0.25) is 0 Å². The smallest absolute Gasteiger partial charge is 0.175 e. The Kier molecular flexibility index (Phi) is 3.92. The molecule has 6 heteroatoms. The molecule has 0 saturated carbocycles. The molecule has 0 saturated heterocycles. The second-order valence-electron chi connectivity index (χ2n) is 4.60. The van der Waals surface area contributed by atoms with Crippen LogP contribution in [0.5, 0.6) is 0 Å². The number of aromatic nitrogens is 1. The van der Waals surface area contributed by atoms with Crippen molar-refractivity contribution in [3.05, 3.63) is 64.7 Å². The van der Waals surface area contributed by atoms with Crippen LogP contribution in [0.3, 0.4) is 0 Å². The van der Waals surface area contributed by atoms with Crippen LogP contribution in [0.2, 0.25) is 5.02 Å². The SMILES string of the molecule is OCc1c(-c2ccc(F)cc2Cl)noc1-c1ccccc1F. The highest BCUT2D eigenvalue weighted by molar-refractivity contribution is 6.33. The minimum Gasteiger partial charge on any atom is -0.391 e. The van der Waals surface area contributed by atoms with E-state index in [1.165, 1.54) is 24.3 Å². The number of aliphatic hydroxyl groups excluding tert-OH is 1. The Morgan fingerprint density at radius 1 is 1.09 bits per heavy atom. The van der Waals surface area contributed by atoms with Gasteiger partial charge in [-0.1, -0.05) is 28.9 Å². The van der Waals surface area contributed by atoms with Crippen molar-refractivity contribution in [2.45, 2.75) is 6.61 Å². The van der Waals surface area contributed by atoms with Crippen LogP contribution in [0.4, 0.5) is 8.78 Å². The number of halogens is 3. The molecule has 1 N–H and O–H groups in total. The van der Waals surface area contributed by atoms with Crippen molar-refractivity contribution < 1.29 is 18.4 Å². The first-order valence-electron chi connectivity index (χ1n) is 6.41. The van der Waals surface area contributed by atoms with Gasteiger partial charge in [0.15, 0.2) is 5.76 Å². The van der Waals surface area contributed by atoms with E-state index in [0.717, 1.165) is 6.07 Å². The van der Waals surface area contributed by atoms with Gasteiger partial charge in [0.25, 0.3) is 0 Å². The second-order valence-corrected chi connectivity index (χ2v) is 5.01. The van der Waals surface area contributed by atoms with Crippen molar-refractivity contribution >= 4 is 11.6 Å². The Morgan fingerprint density at radius 2 is 1.86 bits per heavy atom. The third-order valence-corrected chi connectivity index (χ3v) is 3.56. The largest absolute Gasteiger partial charge is 0.391 e. The van der Waals surface area contributed by atoms with E-state index < -0.39 is 18.2 Å². The molecule has 0 atom stereocenters. The van der Waals surface area contributed by atoms with E-state index in [9.17, 15) is 13.9 Å². The summed E-state index contributed by atoms with van der Waals surface area (Å²) in [7, 11) is 0. The van der Waals surface area contributed by atoms with E-state index in [1.54, 1.807) is 12.1 Å². The lowest BCUT2D eigenvalue weighted by molar-refractivity contribution is 0.281. The number of hydrogen-bond acceptors (Lipinski definition) is 3. The van der Waals surface area contributed by atoms with E-state index in [1.807, 2.05) is 0 Å². The van der Waals surface area contributed by atoms with E-state index >= 15 is 0 Å². The lowest BCUT2D eigenvalue weighted by Gasteiger charge is -2.04. The summed E-state index contributed by atoms with van der Waals surface area (Å²) < 4.78 is 32.2. The lowest BCUT2D eigenvalue weighted by Crippen LogP contribution is -1.91. The number of rotatable bonds is 3. The molecule has 0 aliphatic heterocycles. The summed E-state index contributed by atoms with van der Waals surface area (Å²) in [6.07, 6.45) is 0. The number of hydrogen-bond donors (Lipinski definition) is 1. The zero-order valence-corrected chi connectivity index (χ0v) is 11.9. The summed E-state index contributed by atoms with van der Waals surface area (Å²) in [5.74, 6) is -0.863. The van der Waals surface area contributed by atoms with E-state index in [4.69, 9.17) is 16.1 Å². The van der Waals surface area contributed by atoms with Gasteiger partial charge in [0.1, 0.15) is 17.3 Å². The minimum absolute atomic E-state index is 0.121. The molecule has 0 radical (unpaired) electrons. The van der Waals surface area contributed by atoms with Crippen LogP contribution in [-0.2, 0) is 6.61 Å². The molecular weight excluding hydrogens is 312 g/mol. The van der Waals surface area contributed by atoms with Gasteiger partial charge >= 0.3 is 0 Å². The summed E-state index contributed by atoms with van der Waals surface area (Å²) in [5, 5.41) is 13.6. The van der Waals surface area contributed by atoms with Gasteiger partial charge in [0.2, 0.25) is 0 Å². The second kappa shape index (κ2) is 5.87. The zero-order valence-electron chi connectivity index (χ0n) is 11.2. The summed E-state index contributed by atoms with van der Waals surface area (Å²) in [6.45, 7) is -0.420. The first-order chi connectivity index (χ1) is 10.6. The first kappa shape index (κ1) is 14.7. The maximum Gasteiger partial charge on any atom is 0.175 e. The monoisotopic (exact) mass is 321 g/mol. The molecule has 2 aromatic carbocycles. The molecule has 1 aromatic heterocycles. The molecule has 0 aliphatic rings. The van der Waals surface area contributed by atoms with Crippen LogP contribution < -0.4 is 0 Å². The molecule has 22 heavy (non-hydrogen) atoms. The van der Waals surface area contributed by atoms with Gasteiger partial charge in [-0.05, 0) is 30.3 Å². The van der Waals surface area contributed by atoms with Crippen LogP contribution in [-0.4, -0.2) is 10.3 Å². The predicted molar refractivity (Wildman–Crippen MR) is 78.2 cm³/mol. The van der Waals surface area contributed by atoms with E-state index in [-0.39, 0.29) is 22.0 Å². The van der Waals surface area contributed by atoms with Crippen LogP contribution >= 0.6 is 11.6 Å². The standard InChI is InChI=1S/C16H10ClF2NO2/c17-13-7-9(18)5-6-10(13)15-12(8-21)16(22-20-15)11-3-1-2-4-14(11)19/h1-7,21H,8H2. The van der Waals surface area contributed by atoms with Crippen molar-refractivity contribution in [2.75, 3.05) is 0 Å². The third kappa shape index (κ3) is 2.49. The summed E-state index contributed by atoms with van der Waals surface area (Å²) in [6, 6.07) is 9.78. The number of aliphatic hydroxyl groups is 1. The molecule has 0 fully saturated rings. The highest BCUT2D eigenvalue weighted by Crippen LogP contribution is 2.36. The van der Waals surface area contributed by atoms with Gasteiger partial charge in [-0.15, -0.1) is 0 Å². The Labute approximate surface area is 129 Å². The van der Waals surface area contributed by atoms with Crippen molar-refractivity contribution in [1.82, 2.24) is 5.16 Å². The zero-order chi connectivity index (χ0) is 15.7. The average Bonchev–Trinajstić information content (AvgIpc) is 2.91. The molecule has 3 rings (SSSR count). The Bertz CT molecular complexity index is 833. The number of nitrogens with zero attached hydrogens (tertiary/aromatic N) is 1. The molecule has 112 valence electrons. The third-order valence-electron chi connectivity index (χ3n) is 3.25. The minimum atomic E-state index is -0.495. The van der Waals surface area contributed by atoms with Gasteiger partial charge in [-0.2, -0.15) is 0 Å². The Morgan fingerprint density at radius 3 is 2.55 bits per heavy atom. The lowest BCUT2D eigenvalue weighted by atomic mass is 10.0. The topological polar surface area (TPSA) is 46.3 Å². The molecule has 0 spiro atoms. The van der Waals surface area contributed by atoms with Crippen LogP contribution in [0, 0.1) is 11.6 Å². The summed E-state index contributed by atoms with van der Waals surface area (Å²) in [4.78, 5) is 0.